The summed E-state index contributed by atoms with van der Waals surface area (Å²) in [5, 5.41) is 0. The van der Waals surface area contributed by atoms with Crippen molar-refractivity contribution in [2.45, 2.75) is 0 Å². The SMILES string of the molecule is C1=CN(c2ccccn2)CC(c2ccccc2)=C1. The van der Waals surface area contributed by atoms with E-state index in [9.17, 15) is 0 Å². The van der Waals surface area contributed by atoms with E-state index in [-0.39, 0.29) is 0 Å². The van der Waals surface area contributed by atoms with Crippen molar-refractivity contribution >= 4 is 11.4 Å². The van der Waals surface area contributed by atoms with E-state index >= 15 is 0 Å². The van der Waals surface area contributed by atoms with Gasteiger partial charge in [-0.05, 0) is 29.3 Å². The van der Waals surface area contributed by atoms with Crippen LogP contribution >= 0.6 is 0 Å². The number of benzene rings is 1. The normalized spacial score (nSPS) is 14.4. The van der Waals surface area contributed by atoms with Crippen molar-refractivity contribution in [2.75, 3.05) is 11.4 Å². The number of allylic oxidation sites excluding steroid dienone is 2. The Kier molecular flexibility index (Phi) is 2.92. The van der Waals surface area contributed by atoms with Crippen LogP contribution in [0.2, 0.25) is 0 Å². The fourth-order valence-corrected chi connectivity index (χ4v) is 2.07. The molecule has 2 aromatic rings. The van der Waals surface area contributed by atoms with E-state index in [4.69, 9.17) is 0 Å². The van der Waals surface area contributed by atoms with Crippen molar-refractivity contribution < 1.29 is 0 Å². The third kappa shape index (κ3) is 2.18. The summed E-state index contributed by atoms with van der Waals surface area (Å²) in [6, 6.07) is 16.4. The van der Waals surface area contributed by atoms with Crippen LogP contribution in [-0.2, 0) is 0 Å². The first-order valence-corrected chi connectivity index (χ1v) is 6.04. The van der Waals surface area contributed by atoms with Gasteiger partial charge in [-0.25, -0.2) is 4.98 Å². The lowest BCUT2D eigenvalue weighted by Gasteiger charge is -2.23. The number of pyridine rings is 1. The summed E-state index contributed by atoms with van der Waals surface area (Å²) < 4.78 is 0. The first kappa shape index (κ1) is 10.8. The highest BCUT2D eigenvalue weighted by atomic mass is 15.2. The molecule has 0 unspecified atom stereocenters. The second-order valence-electron chi connectivity index (χ2n) is 4.22. The van der Waals surface area contributed by atoms with Crippen LogP contribution in [0.5, 0.6) is 0 Å². The van der Waals surface area contributed by atoms with Crippen LogP contribution in [0.25, 0.3) is 5.57 Å². The van der Waals surface area contributed by atoms with Crippen LogP contribution < -0.4 is 4.90 Å². The maximum Gasteiger partial charge on any atom is 0.132 e. The maximum absolute atomic E-state index is 4.38. The van der Waals surface area contributed by atoms with Gasteiger partial charge in [0.15, 0.2) is 0 Å². The predicted molar refractivity (Wildman–Crippen MR) is 75.1 cm³/mol. The summed E-state index contributed by atoms with van der Waals surface area (Å²) in [4.78, 5) is 6.53. The van der Waals surface area contributed by atoms with E-state index in [0.29, 0.717) is 0 Å². The van der Waals surface area contributed by atoms with Gasteiger partial charge in [-0.3, -0.25) is 0 Å². The number of hydrogen-bond donors (Lipinski definition) is 0. The average molecular weight is 234 g/mol. The third-order valence-electron chi connectivity index (χ3n) is 2.99. The van der Waals surface area contributed by atoms with E-state index in [1.165, 1.54) is 11.1 Å². The lowest BCUT2D eigenvalue weighted by atomic mass is 10.0. The first-order valence-electron chi connectivity index (χ1n) is 6.04. The van der Waals surface area contributed by atoms with Crippen LogP contribution in [0.1, 0.15) is 5.56 Å². The minimum Gasteiger partial charge on any atom is -0.329 e. The van der Waals surface area contributed by atoms with Crippen LogP contribution in [-0.4, -0.2) is 11.5 Å². The maximum atomic E-state index is 4.38. The van der Waals surface area contributed by atoms with Crippen molar-refractivity contribution in [2.24, 2.45) is 0 Å². The fourth-order valence-electron chi connectivity index (χ4n) is 2.07. The monoisotopic (exact) mass is 234 g/mol. The Labute approximate surface area is 107 Å². The molecule has 3 rings (SSSR count). The molecule has 0 atom stereocenters. The van der Waals surface area contributed by atoms with Crippen LogP contribution in [0.15, 0.2) is 73.1 Å². The van der Waals surface area contributed by atoms with Crippen LogP contribution in [0.3, 0.4) is 0 Å². The number of aromatic nitrogens is 1. The average Bonchev–Trinajstić information content (AvgIpc) is 2.49. The molecule has 0 saturated heterocycles. The molecule has 2 heterocycles. The van der Waals surface area contributed by atoms with Gasteiger partial charge in [0.2, 0.25) is 0 Å². The van der Waals surface area contributed by atoms with Gasteiger partial charge in [-0.2, -0.15) is 0 Å². The summed E-state index contributed by atoms with van der Waals surface area (Å²) in [6.45, 7) is 0.859. The van der Waals surface area contributed by atoms with Crippen molar-refractivity contribution in [3.63, 3.8) is 0 Å². The Balaban J connectivity index is 1.85. The molecular weight excluding hydrogens is 220 g/mol. The predicted octanol–water partition coefficient (Wildman–Crippen LogP) is 3.50. The lowest BCUT2D eigenvalue weighted by Crippen LogP contribution is -2.21. The Morgan fingerprint density at radius 2 is 1.78 bits per heavy atom. The molecule has 18 heavy (non-hydrogen) atoms. The van der Waals surface area contributed by atoms with Crippen molar-refractivity contribution in [3.05, 3.63) is 78.6 Å². The molecule has 1 aromatic carbocycles. The molecule has 1 aromatic heterocycles. The zero-order chi connectivity index (χ0) is 12.2. The van der Waals surface area contributed by atoms with Gasteiger partial charge in [-0.1, -0.05) is 42.5 Å². The smallest absolute Gasteiger partial charge is 0.132 e. The fraction of sp³-hybridized carbons (Fsp3) is 0.0625. The quantitative estimate of drug-likeness (QED) is 0.790. The standard InChI is InChI=1S/C16H14N2/c1-2-7-14(8-3-1)15-9-6-12-18(13-15)16-10-4-5-11-17-16/h1-12H,13H2. The molecule has 0 spiro atoms. The molecule has 2 heteroatoms. The van der Waals surface area contributed by atoms with E-state index in [2.05, 4.69) is 52.5 Å². The number of rotatable bonds is 2. The Morgan fingerprint density at radius 1 is 0.944 bits per heavy atom. The molecule has 0 amide bonds. The highest BCUT2D eigenvalue weighted by Crippen LogP contribution is 2.22. The van der Waals surface area contributed by atoms with Crippen molar-refractivity contribution in [1.82, 2.24) is 4.98 Å². The van der Waals surface area contributed by atoms with Gasteiger partial charge in [0.1, 0.15) is 5.82 Å². The Bertz CT molecular complexity index is 571. The van der Waals surface area contributed by atoms with Crippen LogP contribution in [0, 0.1) is 0 Å². The van der Waals surface area contributed by atoms with Gasteiger partial charge in [0.05, 0.1) is 0 Å². The molecular formula is C16H14N2. The largest absolute Gasteiger partial charge is 0.329 e. The summed E-state index contributed by atoms with van der Waals surface area (Å²) in [7, 11) is 0. The number of nitrogens with zero attached hydrogens (tertiary/aromatic N) is 2. The van der Waals surface area contributed by atoms with Gasteiger partial charge in [-0.15, -0.1) is 0 Å². The second kappa shape index (κ2) is 4.88. The van der Waals surface area contributed by atoms with Gasteiger partial charge >= 0.3 is 0 Å². The van der Waals surface area contributed by atoms with E-state index in [0.717, 1.165) is 12.4 Å². The highest BCUT2D eigenvalue weighted by Gasteiger charge is 2.11. The van der Waals surface area contributed by atoms with E-state index in [1.54, 1.807) is 0 Å². The molecule has 0 N–H and O–H groups in total. The summed E-state index contributed by atoms with van der Waals surface area (Å²) in [5.74, 6) is 0.982. The Morgan fingerprint density at radius 3 is 2.56 bits per heavy atom. The highest BCUT2D eigenvalue weighted by molar-refractivity contribution is 5.73. The Hall–Kier alpha value is -2.35. The van der Waals surface area contributed by atoms with Crippen LogP contribution in [0.4, 0.5) is 5.82 Å². The zero-order valence-corrected chi connectivity index (χ0v) is 10.0. The third-order valence-corrected chi connectivity index (χ3v) is 2.99. The minimum absolute atomic E-state index is 0.859. The first-order chi connectivity index (χ1) is 8.93. The van der Waals surface area contributed by atoms with Crippen molar-refractivity contribution in [1.29, 1.82) is 0 Å². The molecule has 2 nitrogen and oxygen atoms in total. The molecule has 0 saturated carbocycles. The molecule has 0 fully saturated rings. The number of anilines is 1. The lowest BCUT2D eigenvalue weighted by molar-refractivity contribution is 1.04. The molecule has 88 valence electrons. The molecule has 0 radical (unpaired) electrons. The van der Waals surface area contributed by atoms with Gasteiger partial charge in [0, 0.05) is 18.9 Å². The summed E-state index contributed by atoms with van der Waals surface area (Å²) in [5.41, 5.74) is 2.58. The molecule has 0 bridgehead atoms. The number of hydrogen-bond acceptors (Lipinski definition) is 2. The van der Waals surface area contributed by atoms with E-state index in [1.807, 2.05) is 30.5 Å². The van der Waals surface area contributed by atoms with E-state index < -0.39 is 0 Å². The van der Waals surface area contributed by atoms with Crippen molar-refractivity contribution in [3.8, 4) is 0 Å². The summed E-state index contributed by atoms with van der Waals surface area (Å²) in [6.07, 6.45) is 8.12. The van der Waals surface area contributed by atoms with Gasteiger partial charge < -0.3 is 4.90 Å². The molecule has 1 aliphatic rings. The minimum atomic E-state index is 0.859. The van der Waals surface area contributed by atoms with Gasteiger partial charge in [0.25, 0.3) is 0 Å². The molecule has 0 aliphatic carbocycles. The molecule has 1 aliphatic heterocycles. The topological polar surface area (TPSA) is 16.1 Å². The summed E-state index contributed by atoms with van der Waals surface area (Å²) >= 11 is 0. The zero-order valence-electron chi connectivity index (χ0n) is 10.0. The second-order valence-corrected chi connectivity index (χ2v) is 4.22.